The first kappa shape index (κ1) is 18.7. The summed E-state index contributed by atoms with van der Waals surface area (Å²) in [4.78, 5) is 27.3. The van der Waals surface area contributed by atoms with Crippen molar-refractivity contribution in [3.05, 3.63) is 65.7 Å². The second kappa shape index (κ2) is 8.57. The maximum Gasteiger partial charge on any atom is 0.239 e. The Hall–Kier alpha value is -2.66. The van der Waals surface area contributed by atoms with E-state index in [0.29, 0.717) is 19.5 Å². The number of hydrogen-bond acceptors (Lipinski definition) is 3. The molecule has 2 atom stereocenters. The van der Waals surface area contributed by atoms with Gasteiger partial charge in [-0.25, -0.2) is 0 Å². The van der Waals surface area contributed by atoms with Gasteiger partial charge in [0.1, 0.15) is 5.92 Å². The van der Waals surface area contributed by atoms with Crippen LogP contribution in [0.1, 0.15) is 30.4 Å². The van der Waals surface area contributed by atoms with Gasteiger partial charge in [0.15, 0.2) is 0 Å². The molecule has 146 valence electrons. The van der Waals surface area contributed by atoms with Crippen LogP contribution in [0.25, 0.3) is 0 Å². The highest BCUT2D eigenvalue weighted by atomic mass is 16.5. The summed E-state index contributed by atoms with van der Waals surface area (Å²) in [5.74, 6) is -0.889. The van der Waals surface area contributed by atoms with Gasteiger partial charge in [0.05, 0.1) is 6.10 Å². The van der Waals surface area contributed by atoms with E-state index in [1.54, 1.807) is 4.90 Å². The molecule has 2 amide bonds. The fourth-order valence-electron chi connectivity index (χ4n) is 4.04. The maximum absolute atomic E-state index is 13.0. The maximum atomic E-state index is 13.0. The van der Waals surface area contributed by atoms with Crippen LogP contribution in [0.3, 0.4) is 0 Å². The van der Waals surface area contributed by atoms with Crippen LogP contribution in [0.4, 0.5) is 5.69 Å². The summed E-state index contributed by atoms with van der Waals surface area (Å²) < 4.78 is 5.55. The Morgan fingerprint density at radius 2 is 1.86 bits per heavy atom. The smallest absolute Gasteiger partial charge is 0.239 e. The van der Waals surface area contributed by atoms with Crippen LogP contribution >= 0.6 is 0 Å². The molecule has 28 heavy (non-hydrogen) atoms. The topological polar surface area (TPSA) is 58.6 Å². The number of hydrogen-bond donors (Lipinski definition) is 1. The highest BCUT2D eigenvalue weighted by Gasteiger charge is 2.38. The molecule has 2 aliphatic heterocycles. The molecule has 0 bridgehead atoms. The second-order valence-corrected chi connectivity index (χ2v) is 7.50. The fraction of sp³-hybridized carbons (Fsp3) is 0.391. The van der Waals surface area contributed by atoms with E-state index in [0.717, 1.165) is 37.1 Å². The molecule has 2 aromatic carbocycles. The Bertz CT molecular complexity index is 831. The van der Waals surface area contributed by atoms with Crippen molar-refractivity contribution in [2.24, 2.45) is 5.92 Å². The third-order valence-corrected chi connectivity index (χ3v) is 5.57. The van der Waals surface area contributed by atoms with E-state index in [-0.39, 0.29) is 17.9 Å². The Labute approximate surface area is 165 Å². The minimum absolute atomic E-state index is 0.0863. The standard InChI is InChI=1S/C23H26N2O3/c26-22(24-16-19-10-6-14-28-19)20-12-13-25(23(20)27)21-11-5-4-9-18(21)15-17-7-2-1-3-8-17/h1-5,7-9,11,19-20H,6,10,12-16H2,(H,24,26)/t19-,20+/m1/s1. The molecule has 2 fully saturated rings. The van der Waals surface area contributed by atoms with Crippen molar-refractivity contribution in [1.29, 1.82) is 0 Å². The van der Waals surface area contributed by atoms with E-state index in [4.69, 9.17) is 4.74 Å². The first-order valence-electron chi connectivity index (χ1n) is 10.0. The lowest BCUT2D eigenvalue weighted by molar-refractivity contribution is -0.132. The van der Waals surface area contributed by atoms with Crippen molar-refractivity contribution in [2.75, 3.05) is 24.6 Å². The van der Waals surface area contributed by atoms with Gasteiger partial charge in [0.25, 0.3) is 0 Å². The molecule has 2 saturated heterocycles. The number of nitrogens with one attached hydrogen (secondary N) is 1. The number of para-hydroxylation sites is 1. The highest BCUT2D eigenvalue weighted by molar-refractivity contribution is 6.09. The molecular weight excluding hydrogens is 352 g/mol. The normalized spacial score (nSPS) is 21.9. The van der Waals surface area contributed by atoms with Gasteiger partial charge in [0, 0.05) is 25.4 Å². The second-order valence-electron chi connectivity index (χ2n) is 7.50. The van der Waals surface area contributed by atoms with Gasteiger partial charge in [-0.05, 0) is 42.9 Å². The van der Waals surface area contributed by atoms with Crippen LogP contribution in [-0.4, -0.2) is 37.6 Å². The third kappa shape index (κ3) is 4.09. The van der Waals surface area contributed by atoms with Crippen LogP contribution in [0, 0.1) is 5.92 Å². The van der Waals surface area contributed by atoms with Gasteiger partial charge >= 0.3 is 0 Å². The van der Waals surface area contributed by atoms with Crippen molar-refractivity contribution in [2.45, 2.75) is 31.8 Å². The van der Waals surface area contributed by atoms with E-state index in [9.17, 15) is 9.59 Å². The molecule has 2 heterocycles. The number of anilines is 1. The lowest BCUT2D eigenvalue weighted by atomic mass is 10.0. The number of amides is 2. The number of rotatable bonds is 6. The quantitative estimate of drug-likeness (QED) is 0.787. The summed E-state index contributed by atoms with van der Waals surface area (Å²) in [6.45, 7) is 1.82. The zero-order valence-electron chi connectivity index (χ0n) is 16.0. The monoisotopic (exact) mass is 378 g/mol. The van der Waals surface area contributed by atoms with E-state index in [1.165, 1.54) is 5.56 Å². The fourth-order valence-corrected chi connectivity index (χ4v) is 4.04. The van der Waals surface area contributed by atoms with Gasteiger partial charge in [-0.15, -0.1) is 0 Å². The molecule has 0 aliphatic carbocycles. The minimum atomic E-state index is -0.605. The number of nitrogens with zero attached hydrogens (tertiary/aromatic N) is 1. The van der Waals surface area contributed by atoms with E-state index in [2.05, 4.69) is 23.5 Å². The number of benzene rings is 2. The van der Waals surface area contributed by atoms with Crippen molar-refractivity contribution in [3.63, 3.8) is 0 Å². The van der Waals surface area contributed by atoms with Crippen molar-refractivity contribution in [1.82, 2.24) is 5.32 Å². The molecule has 0 saturated carbocycles. The molecule has 2 aromatic rings. The largest absolute Gasteiger partial charge is 0.376 e. The molecule has 2 aliphatic rings. The number of carbonyl (C=O) groups excluding carboxylic acids is 2. The summed E-state index contributed by atoms with van der Waals surface area (Å²) in [6, 6.07) is 18.2. The lowest BCUT2D eigenvalue weighted by Gasteiger charge is -2.21. The molecule has 4 rings (SSSR count). The molecule has 0 spiro atoms. The summed E-state index contributed by atoms with van der Waals surface area (Å²) in [5, 5.41) is 2.91. The summed E-state index contributed by atoms with van der Waals surface area (Å²) in [7, 11) is 0. The Balaban J connectivity index is 1.44. The Morgan fingerprint density at radius 1 is 1.07 bits per heavy atom. The van der Waals surface area contributed by atoms with Crippen LogP contribution < -0.4 is 10.2 Å². The highest BCUT2D eigenvalue weighted by Crippen LogP contribution is 2.30. The minimum Gasteiger partial charge on any atom is -0.376 e. The van der Waals surface area contributed by atoms with E-state index >= 15 is 0 Å². The van der Waals surface area contributed by atoms with Gasteiger partial charge in [-0.1, -0.05) is 48.5 Å². The summed E-state index contributed by atoms with van der Waals surface area (Å²) >= 11 is 0. The van der Waals surface area contributed by atoms with E-state index < -0.39 is 5.92 Å². The molecule has 5 heteroatoms. The molecule has 1 N–H and O–H groups in total. The molecule has 0 radical (unpaired) electrons. The Kier molecular flexibility index (Phi) is 5.72. The van der Waals surface area contributed by atoms with Crippen LogP contribution in [-0.2, 0) is 20.7 Å². The van der Waals surface area contributed by atoms with Crippen LogP contribution in [0.15, 0.2) is 54.6 Å². The number of carbonyl (C=O) groups is 2. The summed E-state index contributed by atoms with van der Waals surface area (Å²) in [5.41, 5.74) is 3.21. The average Bonchev–Trinajstić information content (AvgIpc) is 3.37. The van der Waals surface area contributed by atoms with Crippen LogP contribution in [0.5, 0.6) is 0 Å². The van der Waals surface area contributed by atoms with Gasteiger partial charge < -0.3 is 15.0 Å². The molecule has 5 nitrogen and oxygen atoms in total. The Morgan fingerprint density at radius 3 is 2.64 bits per heavy atom. The zero-order valence-corrected chi connectivity index (χ0v) is 16.0. The van der Waals surface area contributed by atoms with Gasteiger partial charge in [0.2, 0.25) is 11.8 Å². The van der Waals surface area contributed by atoms with Crippen molar-refractivity contribution in [3.8, 4) is 0 Å². The predicted molar refractivity (Wildman–Crippen MR) is 108 cm³/mol. The number of ether oxygens (including phenoxy) is 1. The summed E-state index contributed by atoms with van der Waals surface area (Å²) in [6.07, 6.45) is 3.40. The van der Waals surface area contributed by atoms with Crippen LogP contribution in [0.2, 0.25) is 0 Å². The lowest BCUT2D eigenvalue weighted by Crippen LogP contribution is -2.40. The molecule has 0 aromatic heterocycles. The predicted octanol–water partition coefficient (Wildman–Crippen LogP) is 2.93. The first-order chi connectivity index (χ1) is 13.7. The zero-order chi connectivity index (χ0) is 19.3. The molecule has 0 unspecified atom stereocenters. The average molecular weight is 378 g/mol. The van der Waals surface area contributed by atoms with Crippen molar-refractivity contribution < 1.29 is 14.3 Å². The van der Waals surface area contributed by atoms with Crippen molar-refractivity contribution >= 4 is 17.5 Å². The van der Waals surface area contributed by atoms with E-state index in [1.807, 2.05) is 36.4 Å². The molecular formula is C23H26N2O3. The SMILES string of the molecule is O=C(NC[C@H]1CCCO1)[C@@H]1CCN(c2ccccc2Cc2ccccc2)C1=O. The van der Waals surface area contributed by atoms with Gasteiger partial charge in [-0.2, -0.15) is 0 Å². The van der Waals surface area contributed by atoms with Gasteiger partial charge in [-0.3, -0.25) is 9.59 Å². The first-order valence-corrected chi connectivity index (χ1v) is 10.0. The third-order valence-electron chi connectivity index (χ3n) is 5.57.